The van der Waals surface area contributed by atoms with Crippen LogP contribution in [0.1, 0.15) is 40.8 Å². The quantitative estimate of drug-likeness (QED) is 0.702. The fourth-order valence-electron chi connectivity index (χ4n) is 4.01. The lowest BCUT2D eigenvalue weighted by Gasteiger charge is -2.09. The molecular weight excluding hydrogens is 356 g/mol. The fourth-order valence-corrected chi connectivity index (χ4v) is 4.01. The number of rotatable bonds is 5. The van der Waals surface area contributed by atoms with Crippen LogP contribution in [0, 0.1) is 0 Å². The molecular formula is C20H24N6O2. The summed E-state index contributed by atoms with van der Waals surface area (Å²) < 4.78 is 5.21. The first kappa shape index (κ1) is 18.2. The lowest BCUT2D eigenvalue weighted by molar-refractivity contribution is 0.102. The van der Waals surface area contributed by atoms with Gasteiger partial charge in [-0.3, -0.25) is 19.0 Å². The lowest BCUT2D eigenvalue weighted by atomic mass is 10.1. The molecule has 0 bridgehead atoms. The number of hydrogen-bond acceptors (Lipinski definition) is 4. The maximum atomic E-state index is 13.1. The first-order valence-corrected chi connectivity index (χ1v) is 9.53. The maximum Gasteiger partial charge on any atom is 0.295 e. The van der Waals surface area contributed by atoms with Gasteiger partial charge in [0.2, 0.25) is 0 Å². The van der Waals surface area contributed by atoms with Crippen LogP contribution in [0.25, 0.3) is 5.69 Å². The average molecular weight is 380 g/mol. The standard InChI is InChI=1S/C20H24N6O2/c1-3-15-18(20(28)26(24(15)2)13-8-5-4-6-9-13)22-19(27)17-14(12-21)23-25-11-7-10-16(17)25/h4-6,8-9H,3,7,10-12,21H2,1-2H3,(H,22,27). The first-order chi connectivity index (χ1) is 13.6. The zero-order chi connectivity index (χ0) is 19.8. The van der Waals surface area contributed by atoms with Crippen molar-refractivity contribution in [1.29, 1.82) is 0 Å². The predicted octanol–water partition coefficient (Wildman–Crippen LogP) is 1.59. The minimum absolute atomic E-state index is 0.187. The number of nitrogens with one attached hydrogen (secondary N) is 1. The van der Waals surface area contributed by atoms with Crippen molar-refractivity contribution < 1.29 is 4.79 Å². The molecule has 1 aliphatic rings. The number of carbonyl (C=O) groups is 1. The van der Waals surface area contributed by atoms with Crippen LogP contribution in [-0.2, 0) is 33.0 Å². The van der Waals surface area contributed by atoms with E-state index in [0.29, 0.717) is 23.4 Å². The first-order valence-electron chi connectivity index (χ1n) is 9.53. The number of carbonyl (C=O) groups excluding carboxylic acids is 1. The van der Waals surface area contributed by atoms with Gasteiger partial charge in [-0.15, -0.1) is 0 Å². The second kappa shape index (κ2) is 7.12. The Morgan fingerprint density at radius 3 is 2.71 bits per heavy atom. The van der Waals surface area contributed by atoms with E-state index in [1.807, 2.05) is 49.0 Å². The zero-order valence-electron chi connectivity index (χ0n) is 16.1. The smallest absolute Gasteiger partial charge is 0.295 e. The van der Waals surface area contributed by atoms with Gasteiger partial charge in [-0.2, -0.15) is 5.10 Å². The molecule has 0 radical (unpaired) electrons. The highest BCUT2D eigenvalue weighted by atomic mass is 16.2. The second-order valence-electron chi connectivity index (χ2n) is 6.90. The van der Waals surface area contributed by atoms with Crippen molar-refractivity contribution >= 4 is 11.6 Å². The Labute approximate surface area is 162 Å². The number of para-hydroxylation sites is 1. The van der Waals surface area contributed by atoms with Crippen molar-refractivity contribution in [1.82, 2.24) is 19.1 Å². The molecule has 28 heavy (non-hydrogen) atoms. The molecule has 3 N–H and O–H groups in total. The van der Waals surface area contributed by atoms with Crippen molar-refractivity contribution in [2.24, 2.45) is 12.8 Å². The number of nitrogens with zero attached hydrogens (tertiary/aromatic N) is 4. The summed E-state index contributed by atoms with van der Waals surface area (Å²) >= 11 is 0. The summed E-state index contributed by atoms with van der Waals surface area (Å²) in [5.74, 6) is -0.318. The minimum atomic E-state index is -0.318. The minimum Gasteiger partial charge on any atom is -0.325 e. The van der Waals surface area contributed by atoms with E-state index < -0.39 is 0 Å². The van der Waals surface area contributed by atoms with Crippen LogP contribution in [-0.4, -0.2) is 25.1 Å². The van der Waals surface area contributed by atoms with Gasteiger partial charge in [0, 0.05) is 20.1 Å². The number of aryl methyl sites for hydroxylation is 1. The molecule has 4 rings (SSSR count). The van der Waals surface area contributed by atoms with E-state index in [2.05, 4.69) is 10.4 Å². The van der Waals surface area contributed by atoms with E-state index in [1.54, 1.807) is 9.36 Å². The Morgan fingerprint density at radius 1 is 1.29 bits per heavy atom. The van der Waals surface area contributed by atoms with Gasteiger partial charge in [-0.1, -0.05) is 25.1 Å². The SMILES string of the molecule is CCc1c(NC(=O)c2c(CN)nn3c2CCC3)c(=O)n(-c2ccccc2)n1C. The monoisotopic (exact) mass is 380 g/mol. The molecule has 1 aromatic carbocycles. The van der Waals surface area contributed by atoms with Gasteiger partial charge in [0.1, 0.15) is 5.69 Å². The lowest BCUT2D eigenvalue weighted by Crippen LogP contribution is -2.24. The van der Waals surface area contributed by atoms with E-state index in [9.17, 15) is 9.59 Å². The van der Waals surface area contributed by atoms with E-state index in [1.165, 1.54) is 0 Å². The summed E-state index contributed by atoms with van der Waals surface area (Å²) in [5.41, 5.74) is 9.36. The summed E-state index contributed by atoms with van der Waals surface area (Å²) in [7, 11) is 1.83. The molecule has 0 aliphatic carbocycles. The molecule has 0 unspecified atom stereocenters. The van der Waals surface area contributed by atoms with E-state index >= 15 is 0 Å². The molecule has 146 valence electrons. The molecule has 0 fully saturated rings. The Morgan fingerprint density at radius 2 is 2.04 bits per heavy atom. The largest absolute Gasteiger partial charge is 0.325 e. The van der Waals surface area contributed by atoms with Crippen molar-refractivity contribution in [3.8, 4) is 5.69 Å². The number of fused-ring (bicyclic) bond motifs is 1. The van der Waals surface area contributed by atoms with E-state index in [-0.39, 0.29) is 18.0 Å². The van der Waals surface area contributed by atoms with Crippen LogP contribution in [0.2, 0.25) is 0 Å². The van der Waals surface area contributed by atoms with Gasteiger partial charge in [-0.25, -0.2) is 4.68 Å². The number of benzene rings is 1. The molecule has 8 heteroatoms. The van der Waals surface area contributed by atoms with Crippen LogP contribution >= 0.6 is 0 Å². The fraction of sp³-hybridized carbons (Fsp3) is 0.350. The van der Waals surface area contributed by atoms with Gasteiger partial charge >= 0.3 is 0 Å². The van der Waals surface area contributed by atoms with Crippen molar-refractivity contribution in [2.45, 2.75) is 39.3 Å². The van der Waals surface area contributed by atoms with E-state index in [4.69, 9.17) is 5.73 Å². The molecule has 0 saturated carbocycles. The summed E-state index contributed by atoms with van der Waals surface area (Å²) in [6, 6.07) is 9.38. The Hall–Kier alpha value is -3.13. The van der Waals surface area contributed by atoms with E-state index in [0.717, 1.165) is 36.5 Å². The molecule has 0 spiro atoms. The van der Waals surface area contributed by atoms with Crippen LogP contribution in [0.15, 0.2) is 35.1 Å². The number of hydrogen-bond donors (Lipinski definition) is 2. The Kier molecular flexibility index (Phi) is 4.64. The number of amides is 1. The molecule has 2 aromatic heterocycles. The third-order valence-electron chi connectivity index (χ3n) is 5.29. The summed E-state index contributed by atoms with van der Waals surface area (Å²) in [5, 5.41) is 7.32. The maximum absolute atomic E-state index is 13.1. The average Bonchev–Trinajstić information content (AvgIpc) is 3.34. The van der Waals surface area contributed by atoms with Gasteiger partial charge in [-0.05, 0) is 31.4 Å². The topological polar surface area (TPSA) is 99.9 Å². The molecule has 8 nitrogen and oxygen atoms in total. The Bertz CT molecular complexity index is 1090. The van der Waals surface area contributed by atoms with Crippen LogP contribution in [0.3, 0.4) is 0 Å². The predicted molar refractivity (Wildman–Crippen MR) is 107 cm³/mol. The van der Waals surface area contributed by atoms with Crippen molar-refractivity contribution in [2.75, 3.05) is 5.32 Å². The Balaban J connectivity index is 1.77. The third-order valence-corrected chi connectivity index (χ3v) is 5.29. The van der Waals surface area contributed by atoms with Gasteiger partial charge < -0.3 is 11.1 Å². The molecule has 0 atom stereocenters. The van der Waals surface area contributed by atoms with Gasteiger partial charge in [0.05, 0.1) is 28.3 Å². The highest BCUT2D eigenvalue weighted by molar-refractivity contribution is 6.06. The van der Waals surface area contributed by atoms with Crippen LogP contribution in [0.4, 0.5) is 5.69 Å². The normalized spacial score (nSPS) is 13.0. The van der Waals surface area contributed by atoms with Gasteiger partial charge in [0.25, 0.3) is 11.5 Å². The van der Waals surface area contributed by atoms with Crippen LogP contribution in [0.5, 0.6) is 0 Å². The number of anilines is 1. The number of aromatic nitrogens is 4. The zero-order valence-corrected chi connectivity index (χ0v) is 16.1. The summed E-state index contributed by atoms with van der Waals surface area (Å²) in [4.78, 5) is 26.3. The second-order valence-corrected chi connectivity index (χ2v) is 6.90. The van der Waals surface area contributed by atoms with Crippen molar-refractivity contribution in [3.63, 3.8) is 0 Å². The molecule has 0 saturated heterocycles. The summed E-state index contributed by atoms with van der Waals surface area (Å²) in [6.07, 6.45) is 2.36. The number of nitrogens with two attached hydrogens (primary N) is 1. The van der Waals surface area contributed by atoms with Crippen LogP contribution < -0.4 is 16.6 Å². The van der Waals surface area contributed by atoms with Crippen molar-refractivity contribution in [3.05, 3.63) is 63.3 Å². The highest BCUT2D eigenvalue weighted by Crippen LogP contribution is 2.24. The van der Waals surface area contributed by atoms with Gasteiger partial charge in [0.15, 0.2) is 0 Å². The third kappa shape index (κ3) is 2.77. The molecule has 1 aliphatic heterocycles. The molecule has 3 heterocycles. The molecule has 1 amide bonds. The summed E-state index contributed by atoms with van der Waals surface area (Å²) in [6.45, 7) is 2.94. The molecule has 3 aromatic rings. The highest BCUT2D eigenvalue weighted by Gasteiger charge is 2.28.